The molecule has 2 N–H and O–H groups in total. The zero-order valence-corrected chi connectivity index (χ0v) is 28.7. The summed E-state index contributed by atoms with van der Waals surface area (Å²) in [6, 6.07) is 15.4. The lowest BCUT2D eigenvalue weighted by Crippen LogP contribution is -2.44. The predicted octanol–water partition coefficient (Wildman–Crippen LogP) is 6.43. The maximum absolute atomic E-state index is 14.1. The summed E-state index contributed by atoms with van der Waals surface area (Å²) in [5.41, 5.74) is 4.30. The van der Waals surface area contributed by atoms with E-state index < -0.39 is 11.5 Å². The van der Waals surface area contributed by atoms with Gasteiger partial charge in [-0.25, -0.2) is 0 Å². The first-order valence-corrected chi connectivity index (χ1v) is 17.1. The number of nitrogens with zero attached hydrogens (tertiary/aromatic N) is 5. The van der Waals surface area contributed by atoms with Crippen molar-refractivity contribution < 1.29 is 19.8 Å². The number of piperidine rings is 1. The second kappa shape index (κ2) is 15.7. The second-order valence-corrected chi connectivity index (χ2v) is 13.3. The molecule has 2 aromatic carbocycles. The number of amides is 2. The fourth-order valence-electron chi connectivity index (χ4n) is 6.58. The normalized spacial score (nSPS) is 19.6. The van der Waals surface area contributed by atoms with Crippen molar-refractivity contribution in [3.05, 3.63) is 107 Å². The van der Waals surface area contributed by atoms with Gasteiger partial charge in [0.05, 0.1) is 23.9 Å². The van der Waals surface area contributed by atoms with E-state index in [4.69, 9.17) is 0 Å². The Morgan fingerprint density at radius 1 is 1.04 bits per heavy atom. The van der Waals surface area contributed by atoms with Crippen LogP contribution in [0.1, 0.15) is 89.0 Å². The Bertz CT molecular complexity index is 1670. The van der Waals surface area contributed by atoms with Crippen molar-refractivity contribution in [1.82, 2.24) is 15.0 Å². The maximum Gasteiger partial charge on any atom is 0.264 e. The fourth-order valence-corrected chi connectivity index (χ4v) is 6.58. The van der Waals surface area contributed by atoms with Crippen molar-refractivity contribution in [2.45, 2.75) is 84.3 Å². The van der Waals surface area contributed by atoms with Crippen molar-refractivity contribution >= 4 is 23.2 Å². The number of aryl methyl sites for hydroxylation is 1. The molecule has 3 atom stereocenters. The number of benzene rings is 2. The monoisotopic (exact) mass is 651 g/mol. The highest BCUT2D eigenvalue weighted by molar-refractivity contribution is 6.08. The van der Waals surface area contributed by atoms with Crippen LogP contribution in [0.25, 0.3) is 0 Å². The highest BCUT2D eigenvalue weighted by Crippen LogP contribution is 2.47. The Morgan fingerprint density at radius 3 is 2.56 bits per heavy atom. The van der Waals surface area contributed by atoms with E-state index >= 15 is 0 Å². The molecule has 2 amide bonds. The van der Waals surface area contributed by atoms with Crippen molar-refractivity contribution in [1.29, 1.82) is 0 Å². The molecule has 1 unspecified atom stereocenters. The molecular formula is C39H49N5O4. The number of aliphatic hydroxyl groups excluding tert-OH is 1. The number of hydrogen-bond acceptors (Lipinski definition) is 6. The van der Waals surface area contributed by atoms with Crippen molar-refractivity contribution in [3.63, 3.8) is 0 Å². The van der Waals surface area contributed by atoms with E-state index in [0.29, 0.717) is 49.4 Å². The molecule has 9 nitrogen and oxygen atoms in total. The maximum atomic E-state index is 14.1. The minimum Gasteiger partial charge on any atom is -0.395 e. The molecular weight excluding hydrogens is 602 g/mol. The lowest BCUT2D eigenvalue weighted by molar-refractivity contribution is -0.139. The summed E-state index contributed by atoms with van der Waals surface area (Å²) >= 11 is 0. The van der Waals surface area contributed by atoms with E-state index in [0.717, 1.165) is 36.9 Å². The van der Waals surface area contributed by atoms with Gasteiger partial charge in [0.25, 0.3) is 5.91 Å². The molecule has 48 heavy (non-hydrogen) atoms. The number of fused-ring (bicyclic) bond motifs is 1. The van der Waals surface area contributed by atoms with Gasteiger partial charge >= 0.3 is 0 Å². The van der Waals surface area contributed by atoms with Gasteiger partial charge in [-0.2, -0.15) is 0 Å². The van der Waals surface area contributed by atoms with E-state index in [1.807, 2.05) is 73.8 Å². The largest absolute Gasteiger partial charge is 0.395 e. The number of anilines is 2. The summed E-state index contributed by atoms with van der Waals surface area (Å²) in [5, 5.41) is 30.9. The second-order valence-electron chi connectivity index (χ2n) is 13.3. The molecule has 1 aromatic heterocycles. The lowest BCUT2D eigenvalue weighted by atomic mass is 9.82. The Kier molecular flexibility index (Phi) is 11.4. The highest BCUT2D eigenvalue weighted by atomic mass is 16.3. The van der Waals surface area contributed by atoms with Gasteiger partial charge in [-0.05, 0) is 76.6 Å². The standard InChI is InChI=1S/C39H49N5O4/c1-28(2)13-12-14-29(3)21-24-44-36-20-19-32(43-23-11-9-18-37(43)46)25-34(36)39(48,38(44)47)30(4)15-8-10-22-42-26-35(40-41-42)33(27-45)31-16-6-5-7-17-31/h5-8,13,15-17,19-21,25-26,30,33,45,48H,9-12,14,18,22-24,27H2,1-4H3/b15-8+,29-21+/t30-,33?,39+/m1/s1. The van der Waals surface area contributed by atoms with Gasteiger partial charge in [-0.1, -0.05) is 77.9 Å². The van der Waals surface area contributed by atoms with Gasteiger partial charge < -0.3 is 20.0 Å². The Morgan fingerprint density at radius 2 is 1.83 bits per heavy atom. The van der Waals surface area contributed by atoms with Crippen LogP contribution in [0.5, 0.6) is 0 Å². The molecule has 1 fully saturated rings. The van der Waals surface area contributed by atoms with Crippen LogP contribution in [0.15, 0.2) is 90.2 Å². The minimum atomic E-state index is -1.78. The average molecular weight is 652 g/mol. The van der Waals surface area contributed by atoms with Crippen molar-refractivity contribution in [2.75, 3.05) is 29.5 Å². The molecule has 0 spiro atoms. The molecule has 0 aliphatic carbocycles. The van der Waals surface area contributed by atoms with Crippen LogP contribution >= 0.6 is 0 Å². The Balaban J connectivity index is 1.33. The number of rotatable bonds is 14. The summed E-state index contributed by atoms with van der Waals surface area (Å²) in [6.45, 7) is 9.59. The number of aliphatic hydroxyl groups is 2. The number of aromatic nitrogens is 3. The average Bonchev–Trinajstić information content (AvgIpc) is 3.63. The van der Waals surface area contributed by atoms with Crippen LogP contribution < -0.4 is 9.80 Å². The number of carbonyl (C=O) groups is 2. The SMILES string of the molecule is CC(C)=CCC/C(C)=C/CN1C(=O)[C@](O)([C@H](C)/C=C/CCn2cc(C(CO)c3ccccc3)nn2)c2cc(N3CCCCC3=O)ccc21. The lowest BCUT2D eigenvalue weighted by Gasteiger charge is -2.30. The van der Waals surface area contributed by atoms with E-state index in [1.54, 1.807) is 14.5 Å². The van der Waals surface area contributed by atoms with Gasteiger partial charge in [0.15, 0.2) is 5.60 Å². The summed E-state index contributed by atoms with van der Waals surface area (Å²) in [7, 11) is 0. The third-order valence-corrected chi connectivity index (χ3v) is 9.51. The molecule has 3 aromatic rings. The van der Waals surface area contributed by atoms with Gasteiger partial charge in [-0.3, -0.25) is 14.3 Å². The first-order chi connectivity index (χ1) is 23.1. The third kappa shape index (κ3) is 7.69. The predicted molar refractivity (Wildman–Crippen MR) is 190 cm³/mol. The summed E-state index contributed by atoms with van der Waals surface area (Å²) in [5.74, 6) is -1.07. The first-order valence-electron chi connectivity index (χ1n) is 17.1. The van der Waals surface area contributed by atoms with Gasteiger partial charge in [0, 0.05) is 49.4 Å². The van der Waals surface area contributed by atoms with Crippen LogP contribution in [-0.4, -0.2) is 56.7 Å². The van der Waals surface area contributed by atoms with Crippen LogP contribution in [0.2, 0.25) is 0 Å². The van der Waals surface area contributed by atoms with Crippen LogP contribution in [0, 0.1) is 5.92 Å². The van der Waals surface area contributed by atoms with Crippen molar-refractivity contribution in [3.8, 4) is 0 Å². The van der Waals surface area contributed by atoms with E-state index in [1.165, 1.54) is 11.1 Å². The van der Waals surface area contributed by atoms with E-state index in [-0.39, 0.29) is 24.3 Å². The highest BCUT2D eigenvalue weighted by Gasteiger charge is 2.52. The topological polar surface area (TPSA) is 112 Å². The van der Waals surface area contributed by atoms with Gasteiger partial charge in [0.2, 0.25) is 5.91 Å². The van der Waals surface area contributed by atoms with Crippen LogP contribution in [0.4, 0.5) is 11.4 Å². The van der Waals surface area contributed by atoms with Crippen LogP contribution in [0.3, 0.4) is 0 Å². The van der Waals surface area contributed by atoms with Gasteiger partial charge in [0.1, 0.15) is 0 Å². The van der Waals surface area contributed by atoms with E-state index in [9.17, 15) is 19.8 Å². The molecule has 254 valence electrons. The quantitative estimate of drug-likeness (QED) is 0.195. The molecule has 9 heteroatoms. The first kappa shape index (κ1) is 35.0. The van der Waals surface area contributed by atoms with Gasteiger partial charge in [-0.15, -0.1) is 5.10 Å². The number of hydrogen-bond donors (Lipinski definition) is 2. The summed E-state index contributed by atoms with van der Waals surface area (Å²) in [6.07, 6.45) is 14.8. The molecule has 3 heterocycles. The Hall–Kier alpha value is -4.34. The van der Waals surface area contributed by atoms with E-state index in [2.05, 4.69) is 43.2 Å². The molecule has 0 bridgehead atoms. The fraction of sp³-hybridized carbons (Fsp3) is 0.436. The van der Waals surface area contributed by atoms with Crippen LogP contribution in [-0.2, 0) is 21.7 Å². The molecule has 2 aliphatic rings. The smallest absolute Gasteiger partial charge is 0.264 e. The zero-order valence-electron chi connectivity index (χ0n) is 28.7. The third-order valence-electron chi connectivity index (χ3n) is 9.51. The minimum absolute atomic E-state index is 0.0654. The van der Waals surface area contributed by atoms with Crippen molar-refractivity contribution in [2.24, 2.45) is 5.92 Å². The molecule has 2 aliphatic heterocycles. The molecule has 0 radical (unpaired) electrons. The summed E-state index contributed by atoms with van der Waals surface area (Å²) < 4.78 is 1.75. The number of allylic oxidation sites excluding steroid dienone is 4. The summed E-state index contributed by atoms with van der Waals surface area (Å²) in [4.78, 5) is 30.4. The molecule has 1 saturated heterocycles. The Labute approximate surface area is 284 Å². The number of carbonyl (C=O) groups excluding carboxylic acids is 2. The molecule has 5 rings (SSSR count). The zero-order chi connectivity index (χ0) is 34.3. The molecule has 0 saturated carbocycles.